The number of nitrogens with one attached hydrogen (secondary N) is 1. The lowest BCUT2D eigenvalue weighted by Crippen LogP contribution is -2.16. The summed E-state index contributed by atoms with van der Waals surface area (Å²) in [7, 11) is 0. The molecule has 2 amide bonds. The van der Waals surface area contributed by atoms with E-state index < -0.39 is 5.91 Å². The van der Waals surface area contributed by atoms with E-state index in [-0.39, 0.29) is 18.3 Å². The molecule has 5 nitrogen and oxygen atoms in total. The van der Waals surface area contributed by atoms with Gasteiger partial charge in [-0.25, -0.2) is 0 Å². The number of nitrogens with two attached hydrogens (primary N) is 2. The molecule has 18 heavy (non-hydrogen) atoms. The fourth-order valence-electron chi connectivity index (χ4n) is 1.45. The van der Waals surface area contributed by atoms with Crippen molar-refractivity contribution in [3.05, 3.63) is 29.3 Å². The number of rotatable bonds is 5. The lowest BCUT2D eigenvalue weighted by molar-refractivity contribution is -0.116. The largest absolute Gasteiger partial charge is 0.366 e. The molecule has 0 unspecified atom stereocenters. The molecule has 0 fully saturated rings. The Morgan fingerprint density at radius 1 is 1.33 bits per heavy atom. The molecule has 0 atom stereocenters. The van der Waals surface area contributed by atoms with Gasteiger partial charge >= 0.3 is 0 Å². The minimum absolute atomic E-state index is 0. The zero-order valence-corrected chi connectivity index (χ0v) is 11.0. The van der Waals surface area contributed by atoms with Crippen LogP contribution in [0.4, 0.5) is 5.69 Å². The number of benzene rings is 1. The van der Waals surface area contributed by atoms with Crippen LogP contribution in [0.1, 0.15) is 28.8 Å². The molecule has 5 N–H and O–H groups in total. The van der Waals surface area contributed by atoms with Crippen molar-refractivity contribution in [2.45, 2.75) is 19.8 Å². The quantitative estimate of drug-likeness (QED) is 0.750. The summed E-state index contributed by atoms with van der Waals surface area (Å²) in [4.78, 5) is 22.6. The van der Waals surface area contributed by atoms with Gasteiger partial charge in [-0.2, -0.15) is 0 Å². The average molecular weight is 272 g/mol. The van der Waals surface area contributed by atoms with Gasteiger partial charge in [0, 0.05) is 17.7 Å². The van der Waals surface area contributed by atoms with Crippen molar-refractivity contribution < 1.29 is 9.59 Å². The van der Waals surface area contributed by atoms with Crippen molar-refractivity contribution in [2.24, 2.45) is 11.5 Å². The number of hydrogen-bond acceptors (Lipinski definition) is 3. The number of amides is 2. The third-order valence-corrected chi connectivity index (χ3v) is 2.39. The molecule has 1 aromatic rings. The number of aryl methyl sites for hydroxylation is 1. The monoisotopic (exact) mass is 271 g/mol. The molecule has 0 saturated heterocycles. The normalized spacial score (nSPS) is 9.44. The summed E-state index contributed by atoms with van der Waals surface area (Å²) in [5.41, 5.74) is 12.3. The standard InChI is InChI=1S/C12H17N3O2.ClH/c1-8-4-5-9(7-10(8)12(14)17)15-11(16)3-2-6-13;/h4-5,7H,2-3,6,13H2,1H3,(H2,14,17)(H,15,16);1H. The van der Waals surface area contributed by atoms with Crippen LogP contribution in [0.2, 0.25) is 0 Å². The van der Waals surface area contributed by atoms with Crippen LogP contribution in [0.15, 0.2) is 18.2 Å². The van der Waals surface area contributed by atoms with Crippen LogP contribution >= 0.6 is 12.4 Å². The molecule has 1 aromatic carbocycles. The summed E-state index contributed by atoms with van der Waals surface area (Å²) in [6, 6.07) is 5.07. The van der Waals surface area contributed by atoms with Gasteiger partial charge in [0.05, 0.1) is 0 Å². The molecule has 0 radical (unpaired) electrons. The van der Waals surface area contributed by atoms with E-state index >= 15 is 0 Å². The summed E-state index contributed by atoms with van der Waals surface area (Å²) in [5, 5.41) is 2.70. The van der Waals surface area contributed by atoms with Crippen molar-refractivity contribution in [1.82, 2.24) is 0 Å². The first-order valence-corrected chi connectivity index (χ1v) is 5.45. The van der Waals surface area contributed by atoms with Crippen LogP contribution in [0.5, 0.6) is 0 Å². The maximum absolute atomic E-state index is 11.5. The molecular formula is C12H18ClN3O2. The Morgan fingerprint density at radius 2 is 2.00 bits per heavy atom. The van der Waals surface area contributed by atoms with Gasteiger partial charge < -0.3 is 16.8 Å². The number of carbonyl (C=O) groups excluding carboxylic acids is 2. The molecule has 0 saturated carbocycles. The highest BCUT2D eigenvalue weighted by molar-refractivity contribution is 5.97. The summed E-state index contributed by atoms with van der Waals surface area (Å²) in [6.07, 6.45) is 1.01. The van der Waals surface area contributed by atoms with E-state index in [9.17, 15) is 9.59 Å². The SMILES string of the molecule is Cc1ccc(NC(=O)CCCN)cc1C(N)=O.Cl. The smallest absolute Gasteiger partial charge is 0.249 e. The number of anilines is 1. The first kappa shape index (κ1) is 16.4. The molecule has 0 aliphatic heterocycles. The van der Waals surface area contributed by atoms with E-state index in [4.69, 9.17) is 11.5 Å². The van der Waals surface area contributed by atoms with Crippen LogP contribution in [0.3, 0.4) is 0 Å². The highest BCUT2D eigenvalue weighted by Crippen LogP contribution is 2.15. The molecule has 0 aromatic heterocycles. The predicted octanol–water partition coefficient (Wildman–Crippen LogP) is 1.19. The summed E-state index contributed by atoms with van der Waals surface area (Å²) >= 11 is 0. The van der Waals surface area contributed by atoms with E-state index in [2.05, 4.69) is 5.32 Å². The highest BCUT2D eigenvalue weighted by Gasteiger charge is 2.07. The maximum Gasteiger partial charge on any atom is 0.249 e. The van der Waals surface area contributed by atoms with Crippen molar-refractivity contribution in [3.8, 4) is 0 Å². The van der Waals surface area contributed by atoms with Gasteiger partial charge in [-0.3, -0.25) is 9.59 Å². The van der Waals surface area contributed by atoms with Crippen LogP contribution in [0.25, 0.3) is 0 Å². The Hall–Kier alpha value is -1.59. The number of primary amides is 1. The van der Waals surface area contributed by atoms with Crippen molar-refractivity contribution in [1.29, 1.82) is 0 Å². The second-order valence-corrected chi connectivity index (χ2v) is 3.83. The lowest BCUT2D eigenvalue weighted by Gasteiger charge is -2.07. The van der Waals surface area contributed by atoms with Crippen LogP contribution in [-0.4, -0.2) is 18.4 Å². The predicted molar refractivity (Wildman–Crippen MR) is 73.9 cm³/mol. The van der Waals surface area contributed by atoms with E-state index in [0.717, 1.165) is 5.56 Å². The molecule has 0 spiro atoms. The molecule has 1 rings (SSSR count). The van der Waals surface area contributed by atoms with Crippen molar-refractivity contribution in [2.75, 3.05) is 11.9 Å². The number of carbonyl (C=O) groups is 2. The Labute approximate surface area is 112 Å². The van der Waals surface area contributed by atoms with Gasteiger partial charge in [0.1, 0.15) is 0 Å². The average Bonchev–Trinajstić information content (AvgIpc) is 2.28. The molecule has 0 aliphatic rings. The second-order valence-electron chi connectivity index (χ2n) is 3.83. The topological polar surface area (TPSA) is 98.2 Å². The molecule has 0 heterocycles. The fourth-order valence-corrected chi connectivity index (χ4v) is 1.45. The van der Waals surface area contributed by atoms with Gasteiger partial charge in [0.25, 0.3) is 0 Å². The third-order valence-electron chi connectivity index (χ3n) is 2.39. The van der Waals surface area contributed by atoms with Crippen LogP contribution in [-0.2, 0) is 4.79 Å². The van der Waals surface area contributed by atoms with Crippen molar-refractivity contribution in [3.63, 3.8) is 0 Å². The Balaban J connectivity index is 0.00000289. The van der Waals surface area contributed by atoms with E-state index in [1.807, 2.05) is 0 Å². The molecular weight excluding hydrogens is 254 g/mol. The Kier molecular flexibility index (Phi) is 7.00. The highest BCUT2D eigenvalue weighted by atomic mass is 35.5. The van der Waals surface area contributed by atoms with Crippen LogP contribution in [0, 0.1) is 6.92 Å². The number of halogens is 1. The summed E-state index contributed by atoms with van der Waals surface area (Å²) < 4.78 is 0. The molecule has 100 valence electrons. The first-order chi connectivity index (χ1) is 8.04. The third kappa shape index (κ3) is 4.73. The van der Waals surface area contributed by atoms with E-state index in [0.29, 0.717) is 30.6 Å². The van der Waals surface area contributed by atoms with Gasteiger partial charge in [-0.15, -0.1) is 12.4 Å². The minimum Gasteiger partial charge on any atom is -0.366 e. The van der Waals surface area contributed by atoms with E-state index in [1.165, 1.54) is 0 Å². The zero-order chi connectivity index (χ0) is 12.8. The second kappa shape index (κ2) is 7.68. The zero-order valence-electron chi connectivity index (χ0n) is 10.2. The Bertz CT molecular complexity index is 435. The summed E-state index contributed by atoms with van der Waals surface area (Å²) in [5.74, 6) is -0.615. The minimum atomic E-state index is -0.499. The first-order valence-electron chi connectivity index (χ1n) is 5.45. The molecule has 6 heteroatoms. The molecule has 0 aliphatic carbocycles. The van der Waals surface area contributed by atoms with E-state index in [1.54, 1.807) is 25.1 Å². The lowest BCUT2D eigenvalue weighted by atomic mass is 10.1. The number of hydrogen-bond donors (Lipinski definition) is 3. The van der Waals surface area contributed by atoms with Gasteiger partial charge in [0.2, 0.25) is 11.8 Å². The van der Waals surface area contributed by atoms with Gasteiger partial charge in [-0.1, -0.05) is 6.07 Å². The van der Waals surface area contributed by atoms with Crippen molar-refractivity contribution >= 4 is 29.9 Å². The maximum atomic E-state index is 11.5. The Morgan fingerprint density at radius 3 is 2.56 bits per heavy atom. The molecule has 0 bridgehead atoms. The fraction of sp³-hybridized carbons (Fsp3) is 0.333. The van der Waals surface area contributed by atoms with Crippen LogP contribution < -0.4 is 16.8 Å². The summed E-state index contributed by atoms with van der Waals surface area (Å²) in [6.45, 7) is 2.27. The van der Waals surface area contributed by atoms with Gasteiger partial charge in [0.15, 0.2) is 0 Å². The van der Waals surface area contributed by atoms with Gasteiger partial charge in [-0.05, 0) is 37.6 Å².